The summed E-state index contributed by atoms with van der Waals surface area (Å²) in [7, 11) is 0. The van der Waals surface area contributed by atoms with Crippen molar-refractivity contribution in [1.29, 1.82) is 0 Å². The van der Waals surface area contributed by atoms with Gasteiger partial charge in [-0.25, -0.2) is 23.6 Å². The number of aromatic nitrogens is 1. The number of halogens is 1. The summed E-state index contributed by atoms with van der Waals surface area (Å²) in [4.78, 5) is 46.6. The molecule has 10 heteroatoms. The molecule has 0 aliphatic heterocycles. The smallest absolute Gasteiger partial charge is 0.356 e. The second-order valence-corrected chi connectivity index (χ2v) is 5.69. The number of hydrogen-bond acceptors (Lipinski definition) is 5. The molecule has 0 saturated carbocycles. The Labute approximate surface area is 135 Å². The van der Waals surface area contributed by atoms with Crippen molar-refractivity contribution in [3.63, 3.8) is 0 Å². The van der Waals surface area contributed by atoms with Gasteiger partial charge in [0.15, 0.2) is 0 Å². The molecule has 132 valence electrons. The van der Waals surface area contributed by atoms with Crippen LogP contribution in [0.4, 0.5) is 4.39 Å². The van der Waals surface area contributed by atoms with E-state index >= 15 is 0 Å². The van der Waals surface area contributed by atoms with Crippen LogP contribution in [0.15, 0.2) is 0 Å². The Morgan fingerprint density at radius 3 is 1.75 bits per heavy atom. The van der Waals surface area contributed by atoms with E-state index in [-0.39, 0.29) is 0 Å². The van der Waals surface area contributed by atoms with E-state index in [0.29, 0.717) is 0 Å². The van der Waals surface area contributed by atoms with Crippen molar-refractivity contribution in [1.82, 2.24) is 4.57 Å². The predicted octanol–water partition coefficient (Wildman–Crippen LogP) is 1.46. The molecule has 0 bridgehead atoms. The van der Waals surface area contributed by atoms with Crippen LogP contribution in [-0.4, -0.2) is 57.0 Å². The van der Waals surface area contributed by atoms with Gasteiger partial charge in [-0.2, -0.15) is 0 Å². The standard InChI is InChI=1S/C14H16FNO8/c1-14(2,3)16-8(12(21)22)6(10(17)18)7(11(19)20)9(16)13(23)24-5-4-15/h4-5H2,1-3H3,(H,17,18)(H,19,20)(H,21,22). The first-order valence-electron chi connectivity index (χ1n) is 6.67. The number of carboxylic acid groups (broad SMARTS) is 3. The van der Waals surface area contributed by atoms with Gasteiger partial charge >= 0.3 is 23.9 Å². The quantitative estimate of drug-likeness (QED) is 0.658. The van der Waals surface area contributed by atoms with Gasteiger partial charge < -0.3 is 24.6 Å². The lowest BCUT2D eigenvalue weighted by Gasteiger charge is -2.25. The molecule has 1 aromatic rings. The fraction of sp³-hybridized carbons (Fsp3) is 0.429. The van der Waals surface area contributed by atoms with Crippen LogP contribution in [0.25, 0.3) is 0 Å². The summed E-state index contributed by atoms with van der Waals surface area (Å²) in [6.07, 6.45) is 0. The van der Waals surface area contributed by atoms with E-state index < -0.39 is 65.2 Å². The molecule has 9 nitrogen and oxygen atoms in total. The molecule has 0 fully saturated rings. The number of esters is 1. The average Bonchev–Trinajstić information content (AvgIpc) is 2.81. The molecule has 0 atom stereocenters. The van der Waals surface area contributed by atoms with Gasteiger partial charge in [0.2, 0.25) is 0 Å². The van der Waals surface area contributed by atoms with E-state index in [2.05, 4.69) is 4.74 Å². The lowest BCUT2D eigenvalue weighted by Crippen LogP contribution is -2.31. The number of carbonyl (C=O) groups excluding carboxylic acids is 1. The zero-order valence-electron chi connectivity index (χ0n) is 13.1. The van der Waals surface area contributed by atoms with Crippen LogP contribution >= 0.6 is 0 Å². The summed E-state index contributed by atoms with van der Waals surface area (Å²) in [6.45, 7) is 2.62. The Balaban J connectivity index is 3.99. The van der Waals surface area contributed by atoms with Crippen molar-refractivity contribution < 1.29 is 43.6 Å². The molecule has 0 spiro atoms. The number of carboxylic acids is 3. The van der Waals surface area contributed by atoms with Crippen LogP contribution in [-0.2, 0) is 10.3 Å². The SMILES string of the molecule is CC(C)(C)n1c(C(=O)O)c(C(=O)O)c(C(=O)O)c1C(=O)OCCF. The first-order valence-corrected chi connectivity index (χ1v) is 6.67. The zero-order valence-corrected chi connectivity index (χ0v) is 13.1. The molecule has 0 aliphatic rings. The van der Waals surface area contributed by atoms with Crippen molar-refractivity contribution >= 4 is 23.9 Å². The van der Waals surface area contributed by atoms with E-state index in [1.165, 1.54) is 20.8 Å². The van der Waals surface area contributed by atoms with Gasteiger partial charge in [0.1, 0.15) is 35.8 Å². The Bertz CT molecular complexity index is 713. The van der Waals surface area contributed by atoms with Crippen LogP contribution in [0.5, 0.6) is 0 Å². The molecule has 24 heavy (non-hydrogen) atoms. The van der Waals surface area contributed by atoms with E-state index in [1.807, 2.05) is 0 Å². The number of hydrogen-bond donors (Lipinski definition) is 3. The first kappa shape index (κ1) is 19.1. The summed E-state index contributed by atoms with van der Waals surface area (Å²) in [5.74, 6) is -6.69. The maximum Gasteiger partial charge on any atom is 0.356 e. The van der Waals surface area contributed by atoms with Gasteiger partial charge in [-0.3, -0.25) is 0 Å². The van der Waals surface area contributed by atoms with Crippen molar-refractivity contribution in [3.05, 3.63) is 22.5 Å². The Morgan fingerprint density at radius 1 is 0.958 bits per heavy atom. The highest BCUT2D eigenvalue weighted by molar-refractivity contribution is 6.14. The van der Waals surface area contributed by atoms with Crippen LogP contribution in [0, 0.1) is 0 Å². The topological polar surface area (TPSA) is 143 Å². The van der Waals surface area contributed by atoms with Crippen LogP contribution in [0.1, 0.15) is 62.5 Å². The Kier molecular flexibility index (Phi) is 5.33. The molecule has 1 aromatic heterocycles. The minimum absolute atomic E-state index is 0.683. The molecular formula is C14H16FNO8. The summed E-state index contributed by atoms with van der Waals surface area (Å²) in [6, 6.07) is 0. The highest BCUT2D eigenvalue weighted by Crippen LogP contribution is 2.31. The van der Waals surface area contributed by atoms with Crippen molar-refractivity contribution in [2.75, 3.05) is 13.3 Å². The number of carbonyl (C=O) groups is 4. The van der Waals surface area contributed by atoms with Gasteiger partial charge in [-0.05, 0) is 20.8 Å². The maximum absolute atomic E-state index is 12.2. The zero-order chi connectivity index (χ0) is 18.8. The molecule has 0 amide bonds. The monoisotopic (exact) mass is 345 g/mol. The van der Waals surface area contributed by atoms with Gasteiger partial charge in [0.05, 0.1) is 0 Å². The molecule has 0 saturated heterocycles. The minimum atomic E-state index is -1.83. The van der Waals surface area contributed by atoms with Crippen molar-refractivity contribution in [2.24, 2.45) is 0 Å². The Morgan fingerprint density at radius 2 is 1.42 bits per heavy atom. The van der Waals surface area contributed by atoms with Gasteiger partial charge in [-0.1, -0.05) is 0 Å². The predicted molar refractivity (Wildman–Crippen MR) is 76.6 cm³/mol. The molecule has 0 aliphatic carbocycles. The Hall–Kier alpha value is -2.91. The molecule has 0 unspecified atom stereocenters. The number of ether oxygens (including phenoxy) is 1. The van der Waals surface area contributed by atoms with Crippen molar-refractivity contribution in [3.8, 4) is 0 Å². The summed E-state index contributed by atoms with van der Waals surface area (Å²) in [5.41, 5.74) is -4.87. The first-order chi connectivity index (χ1) is 10.9. The third-order valence-electron chi connectivity index (χ3n) is 2.98. The average molecular weight is 345 g/mol. The van der Waals surface area contributed by atoms with Gasteiger partial charge in [0, 0.05) is 5.54 Å². The van der Waals surface area contributed by atoms with E-state index in [9.17, 15) is 38.9 Å². The number of alkyl halides is 1. The van der Waals surface area contributed by atoms with Gasteiger partial charge in [-0.15, -0.1) is 0 Å². The fourth-order valence-corrected chi connectivity index (χ4v) is 2.26. The molecule has 0 aromatic carbocycles. The summed E-state index contributed by atoms with van der Waals surface area (Å²) < 4.78 is 17.5. The van der Waals surface area contributed by atoms with Crippen LogP contribution in [0.3, 0.4) is 0 Å². The van der Waals surface area contributed by atoms with Gasteiger partial charge in [0.25, 0.3) is 0 Å². The second-order valence-electron chi connectivity index (χ2n) is 5.69. The second kappa shape index (κ2) is 6.69. The van der Waals surface area contributed by atoms with Crippen LogP contribution in [0.2, 0.25) is 0 Å². The number of aromatic carboxylic acids is 3. The van der Waals surface area contributed by atoms with E-state index in [4.69, 9.17) is 0 Å². The summed E-state index contributed by atoms with van der Waals surface area (Å²) >= 11 is 0. The maximum atomic E-state index is 12.2. The largest absolute Gasteiger partial charge is 0.478 e. The number of rotatable bonds is 6. The van der Waals surface area contributed by atoms with E-state index in [1.54, 1.807) is 0 Å². The molecular weight excluding hydrogens is 329 g/mol. The van der Waals surface area contributed by atoms with Crippen LogP contribution < -0.4 is 0 Å². The molecule has 3 N–H and O–H groups in total. The lowest BCUT2D eigenvalue weighted by molar-refractivity contribution is 0.0451. The summed E-state index contributed by atoms with van der Waals surface area (Å²) in [5, 5.41) is 27.9. The van der Waals surface area contributed by atoms with E-state index in [0.717, 1.165) is 4.57 Å². The normalized spacial score (nSPS) is 11.2. The molecule has 1 rings (SSSR count). The highest BCUT2D eigenvalue weighted by atomic mass is 19.1. The molecule has 0 radical (unpaired) electrons. The third kappa shape index (κ3) is 3.36. The lowest BCUT2D eigenvalue weighted by atomic mass is 10.1. The van der Waals surface area contributed by atoms with Crippen molar-refractivity contribution in [2.45, 2.75) is 26.3 Å². The minimum Gasteiger partial charge on any atom is -0.478 e. The number of nitrogens with zero attached hydrogens (tertiary/aromatic N) is 1. The third-order valence-corrected chi connectivity index (χ3v) is 2.98. The highest BCUT2D eigenvalue weighted by Gasteiger charge is 2.40. The fourth-order valence-electron chi connectivity index (χ4n) is 2.26. The molecule has 1 heterocycles.